The van der Waals surface area contributed by atoms with Crippen molar-refractivity contribution in [2.75, 3.05) is 23.8 Å². The molecule has 6 heteroatoms. The van der Waals surface area contributed by atoms with Gasteiger partial charge in [-0.3, -0.25) is 14.5 Å². The first-order valence-corrected chi connectivity index (χ1v) is 12.1. The molecule has 0 spiro atoms. The van der Waals surface area contributed by atoms with Gasteiger partial charge in [-0.2, -0.15) is 0 Å². The molecule has 182 valence electrons. The van der Waals surface area contributed by atoms with Crippen molar-refractivity contribution in [3.63, 3.8) is 0 Å². The number of benzene rings is 3. The Labute approximate surface area is 213 Å². The van der Waals surface area contributed by atoms with Crippen molar-refractivity contribution in [2.45, 2.75) is 45.2 Å². The van der Waals surface area contributed by atoms with E-state index in [1.807, 2.05) is 36.4 Å². The molecule has 1 N–H and O–H groups in total. The molecule has 5 nitrogen and oxygen atoms in total. The zero-order valence-corrected chi connectivity index (χ0v) is 21.1. The van der Waals surface area contributed by atoms with Gasteiger partial charge >= 0.3 is 0 Å². The second-order valence-corrected chi connectivity index (χ2v) is 9.45. The molecule has 3 aromatic carbocycles. The van der Waals surface area contributed by atoms with E-state index in [0.717, 1.165) is 30.8 Å². The van der Waals surface area contributed by atoms with E-state index < -0.39 is 0 Å². The van der Waals surface area contributed by atoms with Gasteiger partial charge in [-0.05, 0) is 79.3 Å². The first-order valence-electron chi connectivity index (χ1n) is 12.1. The molecule has 1 saturated heterocycles. The average molecular weight is 490 g/mol. The summed E-state index contributed by atoms with van der Waals surface area (Å²) in [5.74, 6) is -0.0340. The first-order chi connectivity index (χ1) is 16.5. The number of halogens is 1. The highest BCUT2D eigenvalue weighted by Gasteiger charge is 2.23. The molecule has 2 aliphatic rings. The number of anilines is 2. The number of nitrogens with one attached hydrogen (secondary N) is 1. The zero-order chi connectivity index (χ0) is 23.7. The average Bonchev–Trinajstić information content (AvgIpc) is 3.26. The Kier molecular flexibility index (Phi) is 7.58. The topological polar surface area (TPSA) is 52.7 Å². The number of aryl methyl sites for hydroxylation is 1. The van der Waals surface area contributed by atoms with Gasteiger partial charge in [-0.15, -0.1) is 12.4 Å². The third-order valence-electron chi connectivity index (χ3n) is 7.20. The quantitative estimate of drug-likeness (QED) is 0.484. The highest BCUT2D eigenvalue weighted by atomic mass is 35.5. The van der Waals surface area contributed by atoms with E-state index in [1.165, 1.54) is 29.5 Å². The number of carbonyl (C=O) groups excluding carboxylic acids is 2. The molecule has 2 aliphatic heterocycles. The van der Waals surface area contributed by atoms with Crippen LogP contribution in [0.2, 0.25) is 0 Å². The van der Waals surface area contributed by atoms with Crippen molar-refractivity contribution in [1.29, 1.82) is 0 Å². The molecule has 35 heavy (non-hydrogen) atoms. The lowest BCUT2D eigenvalue weighted by Crippen LogP contribution is -2.31. The fraction of sp³-hybridized carbons (Fsp3) is 0.310. The number of nitrogens with zero attached hydrogens (tertiary/aromatic N) is 2. The predicted octanol–water partition coefficient (Wildman–Crippen LogP) is 5.92. The van der Waals surface area contributed by atoms with E-state index in [2.05, 4.69) is 47.5 Å². The third-order valence-corrected chi connectivity index (χ3v) is 7.20. The number of rotatable bonds is 5. The monoisotopic (exact) mass is 489 g/mol. The molecular formula is C29H32ClN3O2. The van der Waals surface area contributed by atoms with Crippen LogP contribution in [0.5, 0.6) is 0 Å². The fourth-order valence-electron chi connectivity index (χ4n) is 5.12. The van der Waals surface area contributed by atoms with E-state index in [-0.39, 0.29) is 24.2 Å². The normalized spacial score (nSPS) is 17.6. The Morgan fingerprint density at radius 3 is 2.57 bits per heavy atom. The maximum Gasteiger partial charge on any atom is 0.255 e. The van der Waals surface area contributed by atoms with Crippen LogP contribution >= 0.6 is 12.4 Å². The minimum Gasteiger partial charge on any atom is -0.322 e. The molecule has 0 unspecified atom stereocenters. The van der Waals surface area contributed by atoms with Gasteiger partial charge in [0.2, 0.25) is 5.91 Å². The number of fused-ring (bicyclic) bond motifs is 1. The fourth-order valence-corrected chi connectivity index (χ4v) is 5.12. The van der Waals surface area contributed by atoms with Crippen molar-refractivity contribution in [2.24, 2.45) is 0 Å². The van der Waals surface area contributed by atoms with Gasteiger partial charge in [0.05, 0.1) is 0 Å². The van der Waals surface area contributed by atoms with Crippen LogP contribution in [0.3, 0.4) is 0 Å². The van der Waals surface area contributed by atoms with Crippen molar-refractivity contribution in [1.82, 2.24) is 4.90 Å². The SMILES string of the molecule is C[C@@H]1CCCN1Cc1cc(C(=O)Nc2ccc3c(c2)N(C)C(=O)CC3)ccc1-c1ccccc1.Cl. The van der Waals surface area contributed by atoms with Crippen molar-refractivity contribution < 1.29 is 9.59 Å². The van der Waals surface area contributed by atoms with Crippen LogP contribution in [-0.2, 0) is 17.8 Å². The molecule has 0 aromatic heterocycles. The lowest BCUT2D eigenvalue weighted by atomic mass is 9.96. The highest BCUT2D eigenvalue weighted by Crippen LogP contribution is 2.31. The van der Waals surface area contributed by atoms with Gasteiger partial charge in [0.1, 0.15) is 0 Å². The molecule has 0 saturated carbocycles. The van der Waals surface area contributed by atoms with Crippen LogP contribution < -0.4 is 10.2 Å². The van der Waals surface area contributed by atoms with Crippen molar-refractivity contribution >= 4 is 35.6 Å². The summed E-state index contributed by atoms with van der Waals surface area (Å²) >= 11 is 0. The summed E-state index contributed by atoms with van der Waals surface area (Å²) in [6.45, 7) is 4.20. The first kappa shape index (κ1) is 25.0. The van der Waals surface area contributed by atoms with Gasteiger partial charge < -0.3 is 10.2 Å². The number of amides is 2. The zero-order valence-electron chi connectivity index (χ0n) is 20.3. The summed E-state index contributed by atoms with van der Waals surface area (Å²) in [6, 6.07) is 22.8. The Morgan fingerprint density at radius 2 is 1.83 bits per heavy atom. The molecule has 0 bridgehead atoms. The number of carbonyl (C=O) groups is 2. The van der Waals surface area contributed by atoms with Crippen molar-refractivity contribution in [3.8, 4) is 11.1 Å². The largest absolute Gasteiger partial charge is 0.322 e. The van der Waals surface area contributed by atoms with Crippen molar-refractivity contribution in [3.05, 3.63) is 83.4 Å². The minimum absolute atomic E-state index is 0. The maximum atomic E-state index is 13.2. The van der Waals surface area contributed by atoms with E-state index >= 15 is 0 Å². The van der Waals surface area contributed by atoms with E-state index in [1.54, 1.807) is 11.9 Å². The smallest absolute Gasteiger partial charge is 0.255 e. The van der Waals surface area contributed by atoms with Crippen LogP contribution in [0.15, 0.2) is 66.7 Å². The minimum atomic E-state index is -0.139. The predicted molar refractivity (Wildman–Crippen MR) is 144 cm³/mol. The molecule has 0 radical (unpaired) electrons. The molecule has 1 atom stereocenters. The molecule has 2 heterocycles. The van der Waals surface area contributed by atoms with Gasteiger partial charge in [-0.1, -0.05) is 42.5 Å². The molecule has 0 aliphatic carbocycles. The molecule has 2 amide bonds. The summed E-state index contributed by atoms with van der Waals surface area (Å²) < 4.78 is 0. The van der Waals surface area contributed by atoms with Crippen LogP contribution in [0, 0.1) is 0 Å². The Bertz CT molecular complexity index is 1230. The lowest BCUT2D eigenvalue weighted by Gasteiger charge is -2.26. The Hall–Kier alpha value is -3.15. The molecule has 3 aromatic rings. The summed E-state index contributed by atoms with van der Waals surface area (Å²) in [5.41, 5.74) is 6.86. The van der Waals surface area contributed by atoms with Gasteiger partial charge in [0.15, 0.2) is 0 Å². The van der Waals surface area contributed by atoms with Gasteiger partial charge in [0, 0.05) is 43.0 Å². The Balaban J connectivity index is 0.00000289. The second kappa shape index (κ2) is 10.6. The lowest BCUT2D eigenvalue weighted by molar-refractivity contribution is -0.118. The molecule has 1 fully saturated rings. The number of hydrogen-bond donors (Lipinski definition) is 1. The number of likely N-dealkylation sites (tertiary alicyclic amines) is 1. The van der Waals surface area contributed by atoms with Crippen LogP contribution in [0.1, 0.15) is 47.7 Å². The van der Waals surface area contributed by atoms with Crippen LogP contribution in [0.25, 0.3) is 11.1 Å². The number of hydrogen-bond acceptors (Lipinski definition) is 3. The summed E-state index contributed by atoms with van der Waals surface area (Å²) in [5, 5.41) is 3.04. The Morgan fingerprint density at radius 1 is 1.03 bits per heavy atom. The summed E-state index contributed by atoms with van der Waals surface area (Å²) in [7, 11) is 1.79. The van der Waals surface area contributed by atoms with Gasteiger partial charge in [-0.25, -0.2) is 0 Å². The maximum absolute atomic E-state index is 13.2. The highest BCUT2D eigenvalue weighted by molar-refractivity contribution is 6.05. The summed E-state index contributed by atoms with van der Waals surface area (Å²) in [4.78, 5) is 29.5. The molecule has 5 rings (SSSR count). The van der Waals surface area contributed by atoms with Crippen LogP contribution in [-0.4, -0.2) is 36.3 Å². The third kappa shape index (κ3) is 5.26. The van der Waals surface area contributed by atoms with Crippen LogP contribution in [0.4, 0.5) is 11.4 Å². The van der Waals surface area contributed by atoms with E-state index in [9.17, 15) is 9.59 Å². The summed E-state index contributed by atoms with van der Waals surface area (Å²) in [6.07, 6.45) is 3.71. The van der Waals surface area contributed by atoms with Gasteiger partial charge in [0.25, 0.3) is 5.91 Å². The molecular weight excluding hydrogens is 458 g/mol. The second-order valence-electron chi connectivity index (χ2n) is 9.45. The van der Waals surface area contributed by atoms with E-state index in [4.69, 9.17) is 0 Å². The van der Waals surface area contributed by atoms with E-state index in [0.29, 0.717) is 23.7 Å². The standard InChI is InChI=1S/C29H31N3O2.ClH/c1-20-7-6-16-32(20)19-24-17-23(11-14-26(24)21-8-4-3-5-9-21)29(34)30-25-13-10-22-12-15-28(33)31(2)27(22)18-25;/h3-5,8-11,13-14,17-18,20H,6-7,12,15-16,19H2,1-2H3,(H,30,34);1H/t20-;/m1./s1.